The van der Waals surface area contributed by atoms with Crippen LogP contribution in [0.15, 0.2) is 67.3 Å². The molecular formula is C20H17FN4O. The SMILES string of the molecule is CCn1ccc2cc(NC(=O)c3cncn3-c3ccc(F)cc3)ccc21. The first kappa shape index (κ1) is 16.1. The highest BCUT2D eigenvalue weighted by atomic mass is 19.1. The van der Waals surface area contributed by atoms with Gasteiger partial charge in [-0.15, -0.1) is 0 Å². The van der Waals surface area contributed by atoms with Gasteiger partial charge in [0, 0.05) is 35.0 Å². The third kappa shape index (κ3) is 2.86. The summed E-state index contributed by atoms with van der Waals surface area (Å²) < 4.78 is 16.9. The third-order valence-electron chi connectivity index (χ3n) is 4.35. The lowest BCUT2D eigenvalue weighted by molar-refractivity contribution is 0.102. The number of rotatable bonds is 4. The number of aromatic nitrogens is 3. The Kier molecular flexibility index (Phi) is 4.01. The van der Waals surface area contributed by atoms with E-state index in [1.165, 1.54) is 24.7 Å². The van der Waals surface area contributed by atoms with E-state index in [0.717, 1.165) is 17.4 Å². The summed E-state index contributed by atoms with van der Waals surface area (Å²) in [5.41, 5.74) is 2.89. The van der Waals surface area contributed by atoms with Crippen LogP contribution >= 0.6 is 0 Å². The van der Waals surface area contributed by atoms with E-state index in [4.69, 9.17) is 0 Å². The van der Waals surface area contributed by atoms with E-state index in [0.29, 0.717) is 17.1 Å². The largest absolute Gasteiger partial charge is 0.348 e. The molecule has 4 aromatic rings. The number of imidazole rings is 1. The molecule has 1 N–H and O–H groups in total. The Hall–Kier alpha value is -3.41. The summed E-state index contributed by atoms with van der Waals surface area (Å²) in [5.74, 6) is -0.603. The fourth-order valence-corrected chi connectivity index (χ4v) is 3.02. The van der Waals surface area contributed by atoms with Crippen molar-refractivity contribution in [1.82, 2.24) is 14.1 Å². The minimum absolute atomic E-state index is 0.277. The maximum atomic E-state index is 13.1. The van der Waals surface area contributed by atoms with E-state index in [-0.39, 0.29) is 11.7 Å². The lowest BCUT2D eigenvalue weighted by Crippen LogP contribution is -2.16. The van der Waals surface area contributed by atoms with Gasteiger partial charge in [0.2, 0.25) is 0 Å². The zero-order valence-corrected chi connectivity index (χ0v) is 14.2. The van der Waals surface area contributed by atoms with E-state index in [1.807, 2.05) is 30.5 Å². The molecule has 5 nitrogen and oxygen atoms in total. The van der Waals surface area contributed by atoms with Gasteiger partial charge in [0.05, 0.1) is 12.5 Å². The van der Waals surface area contributed by atoms with Crippen molar-refractivity contribution in [2.45, 2.75) is 13.5 Å². The summed E-state index contributed by atoms with van der Waals surface area (Å²) in [5, 5.41) is 3.97. The van der Waals surface area contributed by atoms with Gasteiger partial charge in [-0.2, -0.15) is 0 Å². The van der Waals surface area contributed by atoms with Gasteiger partial charge < -0.3 is 9.88 Å². The molecule has 0 aliphatic heterocycles. The smallest absolute Gasteiger partial charge is 0.274 e. The Labute approximate surface area is 149 Å². The predicted octanol–water partition coefficient (Wildman–Crippen LogP) is 4.24. The number of hydrogen-bond acceptors (Lipinski definition) is 2. The van der Waals surface area contributed by atoms with Crippen molar-refractivity contribution in [1.29, 1.82) is 0 Å². The standard InChI is InChI=1S/C20H17FN4O/c1-2-24-10-9-14-11-16(5-8-18(14)24)23-20(26)19-12-22-13-25(19)17-6-3-15(21)4-7-17/h3-13H,2H2,1H3,(H,23,26). The second kappa shape index (κ2) is 6.48. The van der Waals surface area contributed by atoms with Gasteiger partial charge in [0.15, 0.2) is 0 Å². The van der Waals surface area contributed by atoms with Gasteiger partial charge in [-0.05, 0) is 55.5 Å². The number of carbonyl (C=O) groups excluding carboxylic acids is 1. The molecule has 0 radical (unpaired) electrons. The molecule has 0 spiro atoms. The number of hydrogen-bond donors (Lipinski definition) is 1. The van der Waals surface area contributed by atoms with Gasteiger partial charge in [-0.1, -0.05) is 0 Å². The highest BCUT2D eigenvalue weighted by molar-refractivity contribution is 6.04. The van der Waals surface area contributed by atoms with Crippen LogP contribution in [0.25, 0.3) is 16.6 Å². The molecule has 0 aliphatic carbocycles. The number of aryl methyl sites for hydroxylation is 1. The maximum absolute atomic E-state index is 13.1. The van der Waals surface area contributed by atoms with Crippen LogP contribution in [0, 0.1) is 5.82 Å². The minimum Gasteiger partial charge on any atom is -0.348 e. The molecule has 1 amide bonds. The molecule has 130 valence electrons. The number of nitrogens with zero attached hydrogens (tertiary/aromatic N) is 3. The maximum Gasteiger partial charge on any atom is 0.274 e. The Balaban J connectivity index is 1.61. The number of carbonyl (C=O) groups is 1. The Morgan fingerprint density at radius 1 is 1.15 bits per heavy atom. The van der Waals surface area contributed by atoms with Crippen molar-refractivity contribution in [3.05, 3.63) is 78.8 Å². The van der Waals surface area contributed by atoms with Crippen molar-refractivity contribution in [2.24, 2.45) is 0 Å². The van der Waals surface area contributed by atoms with Gasteiger partial charge in [0.25, 0.3) is 5.91 Å². The van der Waals surface area contributed by atoms with Crippen LogP contribution in [-0.2, 0) is 6.54 Å². The van der Waals surface area contributed by atoms with Crippen LogP contribution in [0.2, 0.25) is 0 Å². The van der Waals surface area contributed by atoms with Gasteiger partial charge in [-0.3, -0.25) is 9.36 Å². The Morgan fingerprint density at radius 2 is 1.96 bits per heavy atom. The molecule has 0 atom stereocenters. The highest BCUT2D eigenvalue weighted by Gasteiger charge is 2.14. The van der Waals surface area contributed by atoms with Crippen molar-refractivity contribution in [3.8, 4) is 5.69 Å². The van der Waals surface area contributed by atoms with Crippen LogP contribution in [0.4, 0.5) is 10.1 Å². The number of halogens is 1. The molecule has 4 rings (SSSR count). The number of nitrogens with one attached hydrogen (secondary N) is 1. The molecule has 0 bridgehead atoms. The molecule has 26 heavy (non-hydrogen) atoms. The second-order valence-corrected chi connectivity index (χ2v) is 5.95. The van der Waals surface area contributed by atoms with Gasteiger partial charge >= 0.3 is 0 Å². The van der Waals surface area contributed by atoms with Crippen LogP contribution in [0.5, 0.6) is 0 Å². The highest BCUT2D eigenvalue weighted by Crippen LogP contribution is 2.21. The van der Waals surface area contributed by atoms with E-state index in [1.54, 1.807) is 16.7 Å². The minimum atomic E-state index is -0.327. The van der Waals surface area contributed by atoms with E-state index in [9.17, 15) is 9.18 Å². The molecule has 2 aromatic heterocycles. The molecule has 0 unspecified atom stereocenters. The second-order valence-electron chi connectivity index (χ2n) is 5.95. The summed E-state index contributed by atoms with van der Waals surface area (Å²) in [7, 11) is 0. The zero-order chi connectivity index (χ0) is 18.1. The molecule has 0 saturated carbocycles. The summed E-state index contributed by atoms with van der Waals surface area (Å²) >= 11 is 0. The first-order valence-electron chi connectivity index (χ1n) is 8.34. The fourth-order valence-electron chi connectivity index (χ4n) is 3.02. The first-order valence-corrected chi connectivity index (χ1v) is 8.34. The number of fused-ring (bicyclic) bond motifs is 1. The number of amides is 1. The van der Waals surface area contributed by atoms with Crippen molar-refractivity contribution in [3.63, 3.8) is 0 Å². The topological polar surface area (TPSA) is 51.9 Å². The van der Waals surface area contributed by atoms with Crippen LogP contribution in [-0.4, -0.2) is 20.0 Å². The third-order valence-corrected chi connectivity index (χ3v) is 4.35. The number of benzene rings is 2. The Morgan fingerprint density at radius 3 is 2.73 bits per heavy atom. The summed E-state index contributed by atoms with van der Waals surface area (Å²) in [6, 6.07) is 13.7. The average molecular weight is 348 g/mol. The Bertz CT molecular complexity index is 1080. The summed E-state index contributed by atoms with van der Waals surface area (Å²) in [6.07, 6.45) is 5.05. The van der Waals surface area contributed by atoms with E-state index in [2.05, 4.69) is 21.8 Å². The van der Waals surface area contributed by atoms with Crippen molar-refractivity contribution < 1.29 is 9.18 Å². The van der Waals surface area contributed by atoms with E-state index < -0.39 is 0 Å². The summed E-state index contributed by atoms with van der Waals surface area (Å²) in [6.45, 7) is 2.98. The quantitative estimate of drug-likeness (QED) is 0.600. The monoisotopic (exact) mass is 348 g/mol. The van der Waals surface area contributed by atoms with Gasteiger partial charge in [0.1, 0.15) is 11.5 Å². The van der Waals surface area contributed by atoms with Crippen molar-refractivity contribution in [2.75, 3.05) is 5.32 Å². The molecule has 2 heterocycles. The van der Waals surface area contributed by atoms with Crippen LogP contribution < -0.4 is 5.32 Å². The normalized spacial score (nSPS) is 11.0. The lowest BCUT2D eigenvalue weighted by Gasteiger charge is -2.09. The van der Waals surface area contributed by atoms with E-state index >= 15 is 0 Å². The molecule has 6 heteroatoms. The van der Waals surface area contributed by atoms with Crippen LogP contribution in [0.3, 0.4) is 0 Å². The summed E-state index contributed by atoms with van der Waals surface area (Å²) in [4.78, 5) is 16.7. The van der Waals surface area contributed by atoms with Crippen molar-refractivity contribution >= 4 is 22.5 Å². The van der Waals surface area contributed by atoms with Crippen LogP contribution in [0.1, 0.15) is 17.4 Å². The molecular weight excluding hydrogens is 331 g/mol. The molecule has 2 aromatic carbocycles. The number of anilines is 1. The lowest BCUT2D eigenvalue weighted by atomic mass is 10.2. The van der Waals surface area contributed by atoms with Gasteiger partial charge in [-0.25, -0.2) is 9.37 Å². The first-order chi connectivity index (χ1) is 12.7. The molecule has 0 fully saturated rings. The fraction of sp³-hybridized carbons (Fsp3) is 0.100. The molecule has 0 aliphatic rings. The molecule has 0 saturated heterocycles. The zero-order valence-electron chi connectivity index (χ0n) is 14.2. The average Bonchev–Trinajstić information content (AvgIpc) is 3.29. The predicted molar refractivity (Wildman–Crippen MR) is 99.1 cm³/mol.